The first-order valence-electron chi connectivity index (χ1n) is 10.9. The van der Waals surface area contributed by atoms with Gasteiger partial charge in [0.2, 0.25) is 11.8 Å². The lowest BCUT2D eigenvalue weighted by atomic mass is 10.1. The van der Waals surface area contributed by atoms with Crippen LogP contribution in [-0.4, -0.2) is 39.6 Å². The van der Waals surface area contributed by atoms with Gasteiger partial charge in [-0.3, -0.25) is 24.2 Å². The third-order valence-electron chi connectivity index (χ3n) is 5.52. The van der Waals surface area contributed by atoms with Gasteiger partial charge in [-0.2, -0.15) is 0 Å². The number of pyridine rings is 1. The van der Waals surface area contributed by atoms with E-state index in [0.29, 0.717) is 16.5 Å². The van der Waals surface area contributed by atoms with Crippen LogP contribution in [-0.2, 0) is 32.1 Å². The molecule has 1 saturated heterocycles. The van der Waals surface area contributed by atoms with Crippen LogP contribution in [0.15, 0.2) is 73.1 Å². The molecule has 8 nitrogen and oxygen atoms in total. The first-order chi connectivity index (χ1) is 16.8. The topological polar surface area (TPSA) is 96.9 Å². The number of benzene rings is 2. The van der Waals surface area contributed by atoms with Crippen LogP contribution in [0.25, 0.3) is 0 Å². The number of esters is 1. The number of hydrogen-bond acceptors (Lipinski definition) is 6. The number of ether oxygens (including phenoxy) is 1. The van der Waals surface area contributed by atoms with Crippen molar-refractivity contribution in [3.63, 3.8) is 0 Å². The monoisotopic (exact) mass is 491 g/mol. The van der Waals surface area contributed by atoms with Crippen LogP contribution < -0.4 is 9.64 Å². The lowest BCUT2D eigenvalue weighted by Gasteiger charge is -2.28. The van der Waals surface area contributed by atoms with E-state index in [1.165, 1.54) is 36.1 Å². The van der Waals surface area contributed by atoms with Crippen LogP contribution in [0.4, 0.5) is 5.69 Å². The van der Waals surface area contributed by atoms with Crippen LogP contribution >= 0.6 is 11.6 Å². The predicted molar refractivity (Wildman–Crippen MR) is 129 cm³/mol. The second-order valence-electron chi connectivity index (χ2n) is 8.06. The second-order valence-corrected chi connectivity index (χ2v) is 8.50. The maximum atomic E-state index is 13.4. The van der Waals surface area contributed by atoms with Crippen molar-refractivity contribution in [1.82, 2.24) is 9.88 Å². The molecule has 35 heavy (non-hydrogen) atoms. The minimum atomic E-state index is -0.962. The Hall–Kier alpha value is -4.04. The SMILES string of the molecule is CC(=O)Oc1ccc(N2C(=O)CC(N(Cc3cccnc3)C(=O)Cc3ccc(Cl)cc3)C2=O)cc1. The molecule has 0 radical (unpaired) electrons. The standard InChI is InChI=1S/C26H22ClN3O5/c1-17(31)35-22-10-8-21(9-11-22)30-25(33)14-23(26(30)34)29(16-19-3-2-12-28-15-19)24(32)13-18-4-6-20(27)7-5-18/h2-12,15,23H,13-14,16H2,1H3. The molecule has 0 bridgehead atoms. The van der Waals surface area contributed by atoms with E-state index in [4.69, 9.17) is 16.3 Å². The number of carbonyl (C=O) groups is 4. The Balaban J connectivity index is 1.59. The Morgan fingerprint density at radius 2 is 1.77 bits per heavy atom. The highest BCUT2D eigenvalue weighted by Gasteiger charge is 2.44. The van der Waals surface area contributed by atoms with E-state index in [1.54, 1.807) is 42.7 Å². The molecule has 2 aromatic carbocycles. The average Bonchev–Trinajstić information content (AvgIpc) is 3.13. The maximum absolute atomic E-state index is 13.4. The largest absolute Gasteiger partial charge is 0.427 e. The molecule has 1 atom stereocenters. The number of imide groups is 1. The fourth-order valence-electron chi connectivity index (χ4n) is 3.90. The van der Waals surface area contributed by atoms with E-state index in [2.05, 4.69) is 4.98 Å². The molecule has 178 valence electrons. The Kier molecular flexibility index (Phi) is 7.22. The van der Waals surface area contributed by atoms with Gasteiger partial charge in [-0.25, -0.2) is 4.90 Å². The summed E-state index contributed by atoms with van der Waals surface area (Å²) in [6.07, 6.45) is 3.15. The number of carbonyl (C=O) groups excluding carboxylic acids is 4. The normalized spacial score (nSPS) is 15.3. The van der Waals surface area contributed by atoms with E-state index < -0.39 is 23.8 Å². The molecule has 1 fully saturated rings. The molecule has 1 aromatic heterocycles. The van der Waals surface area contributed by atoms with E-state index in [-0.39, 0.29) is 25.3 Å². The number of amides is 3. The van der Waals surface area contributed by atoms with E-state index >= 15 is 0 Å². The van der Waals surface area contributed by atoms with Gasteiger partial charge in [0.05, 0.1) is 18.5 Å². The van der Waals surface area contributed by atoms with Gasteiger partial charge in [0, 0.05) is 30.9 Å². The molecular weight excluding hydrogens is 470 g/mol. The Labute approximate surface area is 207 Å². The van der Waals surface area contributed by atoms with E-state index in [1.807, 2.05) is 6.07 Å². The Morgan fingerprint density at radius 1 is 1.06 bits per heavy atom. The molecule has 0 aliphatic carbocycles. The van der Waals surface area contributed by atoms with Gasteiger partial charge in [-0.05, 0) is 53.6 Å². The highest BCUT2D eigenvalue weighted by atomic mass is 35.5. The summed E-state index contributed by atoms with van der Waals surface area (Å²) in [6, 6.07) is 15.5. The summed E-state index contributed by atoms with van der Waals surface area (Å²) in [4.78, 5) is 57.4. The van der Waals surface area contributed by atoms with Crippen LogP contribution in [0.1, 0.15) is 24.5 Å². The molecule has 0 spiro atoms. The molecule has 0 saturated carbocycles. The fraction of sp³-hybridized carbons (Fsp3) is 0.192. The maximum Gasteiger partial charge on any atom is 0.308 e. The van der Waals surface area contributed by atoms with Crippen molar-refractivity contribution in [2.45, 2.75) is 32.4 Å². The summed E-state index contributed by atoms with van der Waals surface area (Å²) in [7, 11) is 0. The number of halogens is 1. The summed E-state index contributed by atoms with van der Waals surface area (Å²) in [6.45, 7) is 1.41. The van der Waals surface area contributed by atoms with Gasteiger partial charge in [0.15, 0.2) is 0 Å². The summed E-state index contributed by atoms with van der Waals surface area (Å²) in [5.74, 6) is -1.39. The second kappa shape index (κ2) is 10.5. The summed E-state index contributed by atoms with van der Waals surface area (Å²) in [5, 5.41) is 0.556. The minimum Gasteiger partial charge on any atom is -0.427 e. The summed E-state index contributed by atoms with van der Waals surface area (Å²) < 4.78 is 5.01. The number of anilines is 1. The highest BCUT2D eigenvalue weighted by molar-refractivity contribution is 6.30. The van der Waals surface area contributed by atoms with Crippen molar-refractivity contribution in [2.75, 3.05) is 4.90 Å². The molecule has 9 heteroatoms. The molecule has 3 amide bonds. The predicted octanol–water partition coefficient (Wildman–Crippen LogP) is 3.56. The number of rotatable bonds is 7. The van der Waals surface area contributed by atoms with E-state index in [9.17, 15) is 19.2 Å². The fourth-order valence-corrected chi connectivity index (χ4v) is 4.02. The third kappa shape index (κ3) is 5.73. The first-order valence-corrected chi connectivity index (χ1v) is 11.3. The van der Waals surface area contributed by atoms with Gasteiger partial charge in [0.25, 0.3) is 5.91 Å². The number of nitrogens with zero attached hydrogens (tertiary/aromatic N) is 3. The van der Waals surface area contributed by atoms with Crippen molar-refractivity contribution < 1.29 is 23.9 Å². The molecule has 1 aliphatic rings. The molecule has 3 aromatic rings. The summed E-state index contributed by atoms with van der Waals surface area (Å²) in [5.41, 5.74) is 1.82. The van der Waals surface area contributed by atoms with Gasteiger partial charge in [-0.15, -0.1) is 0 Å². The lowest BCUT2D eigenvalue weighted by molar-refractivity contribution is -0.138. The zero-order chi connectivity index (χ0) is 24.9. The Bertz CT molecular complexity index is 1250. The first kappa shape index (κ1) is 24.1. The van der Waals surface area contributed by atoms with Crippen molar-refractivity contribution >= 4 is 41.0 Å². The Morgan fingerprint density at radius 3 is 2.40 bits per heavy atom. The molecule has 4 rings (SSSR count). The molecule has 0 N–H and O–H groups in total. The van der Waals surface area contributed by atoms with Crippen molar-refractivity contribution in [3.8, 4) is 5.75 Å². The van der Waals surface area contributed by atoms with E-state index in [0.717, 1.165) is 16.0 Å². The van der Waals surface area contributed by atoms with Crippen molar-refractivity contribution in [2.24, 2.45) is 0 Å². The average molecular weight is 492 g/mol. The van der Waals surface area contributed by atoms with Gasteiger partial charge in [-0.1, -0.05) is 29.8 Å². The smallest absolute Gasteiger partial charge is 0.308 e. The molecule has 2 heterocycles. The van der Waals surface area contributed by atoms with Gasteiger partial charge < -0.3 is 9.64 Å². The molecule has 1 aliphatic heterocycles. The highest BCUT2D eigenvalue weighted by Crippen LogP contribution is 2.29. The van der Waals surface area contributed by atoms with Crippen molar-refractivity contribution in [1.29, 1.82) is 0 Å². The summed E-state index contributed by atoms with van der Waals surface area (Å²) >= 11 is 5.95. The van der Waals surface area contributed by atoms with Crippen LogP contribution in [0.5, 0.6) is 5.75 Å². The van der Waals surface area contributed by atoms with Crippen molar-refractivity contribution in [3.05, 3.63) is 89.2 Å². The zero-order valence-corrected chi connectivity index (χ0v) is 19.6. The van der Waals surface area contributed by atoms with Crippen LogP contribution in [0.2, 0.25) is 5.02 Å². The van der Waals surface area contributed by atoms with Gasteiger partial charge >= 0.3 is 5.97 Å². The minimum absolute atomic E-state index is 0.0481. The zero-order valence-electron chi connectivity index (χ0n) is 18.9. The quantitative estimate of drug-likeness (QED) is 0.285. The van der Waals surface area contributed by atoms with Crippen LogP contribution in [0, 0.1) is 0 Å². The van der Waals surface area contributed by atoms with Crippen LogP contribution in [0.3, 0.4) is 0 Å². The number of aromatic nitrogens is 1. The molecule has 1 unspecified atom stereocenters. The lowest BCUT2D eigenvalue weighted by Crippen LogP contribution is -2.45. The van der Waals surface area contributed by atoms with Gasteiger partial charge in [0.1, 0.15) is 11.8 Å². The molecular formula is C26H22ClN3O5. The third-order valence-corrected chi connectivity index (χ3v) is 5.77. The number of hydrogen-bond donors (Lipinski definition) is 0.